The molecule has 0 amide bonds. The summed E-state index contributed by atoms with van der Waals surface area (Å²) in [6.07, 6.45) is 9.01. The van der Waals surface area contributed by atoms with Crippen LogP contribution in [0.4, 0.5) is 0 Å². The number of carbonyl (C=O) groups is 1. The zero-order valence-electron chi connectivity index (χ0n) is 11.3. The van der Waals surface area contributed by atoms with Gasteiger partial charge in [-0.05, 0) is 43.0 Å². The average molecular weight is 250 g/mol. The lowest BCUT2D eigenvalue weighted by Gasteiger charge is -2.32. The van der Waals surface area contributed by atoms with Crippen LogP contribution < -0.4 is 0 Å². The summed E-state index contributed by atoms with van der Waals surface area (Å²) in [5, 5.41) is 0. The van der Waals surface area contributed by atoms with Crippen LogP contribution in [0.5, 0.6) is 0 Å². The van der Waals surface area contributed by atoms with Gasteiger partial charge in [0.25, 0.3) is 0 Å². The number of allylic oxidation sites excluding steroid dienone is 6. The average Bonchev–Trinajstić information content (AvgIpc) is 2.24. The van der Waals surface area contributed by atoms with Crippen LogP contribution in [0.1, 0.15) is 40.5 Å². The van der Waals surface area contributed by atoms with Crippen molar-refractivity contribution in [3.63, 3.8) is 0 Å². The van der Waals surface area contributed by atoms with Gasteiger partial charge in [-0.3, -0.25) is 4.79 Å². The molecule has 0 aromatic carbocycles. The van der Waals surface area contributed by atoms with E-state index in [9.17, 15) is 4.79 Å². The Labute approximate surface area is 107 Å². The monoisotopic (exact) mass is 250 g/mol. The Morgan fingerprint density at radius 1 is 1.47 bits per heavy atom. The fraction of sp³-hybridized carbons (Fsp3) is 0.533. The van der Waals surface area contributed by atoms with Gasteiger partial charge in [-0.15, -0.1) is 9.24 Å². The van der Waals surface area contributed by atoms with E-state index in [-0.39, 0.29) is 5.41 Å². The molecule has 0 fully saturated rings. The maximum Gasteiger partial charge on any atom is 0.158 e. The molecule has 1 nitrogen and oxygen atoms in total. The molecule has 94 valence electrons. The minimum Gasteiger partial charge on any atom is -0.295 e. The molecule has 0 aliphatic heterocycles. The van der Waals surface area contributed by atoms with Crippen molar-refractivity contribution in [2.45, 2.75) is 40.5 Å². The molecule has 1 unspecified atom stereocenters. The number of Topliss-reactive ketones (excluding diaryl/α,β-unsaturated/α-hetero) is 1. The van der Waals surface area contributed by atoms with E-state index in [4.69, 9.17) is 0 Å². The quantitative estimate of drug-likeness (QED) is 0.545. The summed E-state index contributed by atoms with van der Waals surface area (Å²) in [6.45, 7) is 8.49. The molecule has 17 heavy (non-hydrogen) atoms. The van der Waals surface area contributed by atoms with Crippen LogP contribution in [0.25, 0.3) is 0 Å². The molecule has 1 aliphatic rings. The highest BCUT2D eigenvalue weighted by Gasteiger charge is 2.30. The van der Waals surface area contributed by atoms with Gasteiger partial charge < -0.3 is 0 Å². The Balaban J connectivity index is 3.04. The maximum absolute atomic E-state index is 11.8. The summed E-state index contributed by atoms with van der Waals surface area (Å²) in [5.74, 6) is 0.302. The molecule has 1 atom stereocenters. The van der Waals surface area contributed by atoms with Crippen LogP contribution in [0.15, 0.2) is 34.9 Å². The second-order valence-electron chi connectivity index (χ2n) is 5.36. The number of hydrogen-bond donors (Lipinski definition) is 0. The third-order valence-corrected chi connectivity index (χ3v) is 3.72. The predicted octanol–water partition coefficient (Wildman–Crippen LogP) is 4.07. The predicted molar refractivity (Wildman–Crippen MR) is 78.2 cm³/mol. The minimum absolute atomic E-state index is 0.121. The number of rotatable bonds is 3. The fourth-order valence-corrected chi connectivity index (χ4v) is 2.60. The third kappa shape index (κ3) is 3.64. The first-order valence-corrected chi connectivity index (χ1v) is 6.99. The molecule has 0 saturated carbocycles. The van der Waals surface area contributed by atoms with Gasteiger partial charge >= 0.3 is 0 Å². The van der Waals surface area contributed by atoms with Crippen LogP contribution in [0, 0.1) is 5.41 Å². The smallest absolute Gasteiger partial charge is 0.158 e. The van der Waals surface area contributed by atoms with Crippen LogP contribution in [0.2, 0.25) is 0 Å². The summed E-state index contributed by atoms with van der Waals surface area (Å²) >= 11 is 0. The molecular weight excluding hydrogens is 227 g/mol. The van der Waals surface area contributed by atoms with E-state index in [1.807, 2.05) is 6.92 Å². The van der Waals surface area contributed by atoms with Gasteiger partial charge in [0.15, 0.2) is 5.78 Å². The first kappa shape index (κ1) is 14.4. The number of carbonyl (C=O) groups excluding carboxylic acids is 1. The minimum atomic E-state index is 0.121. The van der Waals surface area contributed by atoms with Crippen LogP contribution in [0.3, 0.4) is 0 Å². The first-order valence-electron chi connectivity index (χ1n) is 6.18. The highest BCUT2D eigenvalue weighted by Crippen LogP contribution is 2.39. The summed E-state index contributed by atoms with van der Waals surface area (Å²) in [7, 11) is 2.69. The SMILES string of the molecule is CC1=C(/C=C/C(C)=C/CP)C(C)(C)CCC1=O. The van der Waals surface area contributed by atoms with Crippen molar-refractivity contribution in [2.75, 3.05) is 6.16 Å². The van der Waals surface area contributed by atoms with Crippen LogP contribution in [-0.4, -0.2) is 11.9 Å². The van der Waals surface area contributed by atoms with Crippen molar-refractivity contribution in [1.82, 2.24) is 0 Å². The van der Waals surface area contributed by atoms with Crippen molar-refractivity contribution in [3.8, 4) is 0 Å². The van der Waals surface area contributed by atoms with Crippen molar-refractivity contribution in [2.24, 2.45) is 5.41 Å². The van der Waals surface area contributed by atoms with Crippen molar-refractivity contribution < 1.29 is 4.79 Å². The molecule has 0 heterocycles. The first-order chi connectivity index (χ1) is 7.88. The molecule has 0 aromatic rings. The highest BCUT2D eigenvalue weighted by molar-refractivity contribution is 7.16. The summed E-state index contributed by atoms with van der Waals surface area (Å²) in [5.41, 5.74) is 3.51. The van der Waals surface area contributed by atoms with Gasteiger partial charge in [-0.2, -0.15) is 0 Å². The Kier molecular flexibility index (Phi) is 4.89. The topological polar surface area (TPSA) is 17.1 Å². The second kappa shape index (κ2) is 5.78. The van der Waals surface area contributed by atoms with Gasteiger partial charge in [0.05, 0.1) is 0 Å². The van der Waals surface area contributed by atoms with Crippen molar-refractivity contribution in [3.05, 3.63) is 34.9 Å². The van der Waals surface area contributed by atoms with Gasteiger partial charge in [0, 0.05) is 6.42 Å². The molecule has 1 rings (SSSR count). The van der Waals surface area contributed by atoms with Crippen LogP contribution >= 0.6 is 9.24 Å². The van der Waals surface area contributed by atoms with Gasteiger partial charge in [0.2, 0.25) is 0 Å². The summed E-state index contributed by atoms with van der Waals surface area (Å²) in [4.78, 5) is 11.8. The molecule has 0 saturated heterocycles. The van der Waals surface area contributed by atoms with Gasteiger partial charge in [-0.1, -0.05) is 37.6 Å². The Morgan fingerprint density at radius 3 is 2.71 bits per heavy atom. The molecule has 0 spiro atoms. The van der Waals surface area contributed by atoms with E-state index < -0.39 is 0 Å². The molecule has 2 heteroatoms. The molecule has 0 bridgehead atoms. The Hall–Kier alpha value is -0.680. The molecular formula is C15H23OP. The number of ketones is 1. The van der Waals surface area contributed by atoms with E-state index in [1.54, 1.807) is 0 Å². The van der Waals surface area contributed by atoms with Crippen LogP contribution in [-0.2, 0) is 4.79 Å². The maximum atomic E-state index is 11.8. The molecule has 0 aromatic heterocycles. The number of hydrogen-bond acceptors (Lipinski definition) is 1. The fourth-order valence-electron chi connectivity index (χ4n) is 2.23. The van der Waals surface area contributed by atoms with E-state index in [0.717, 1.165) is 18.2 Å². The molecule has 0 radical (unpaired) electrons. The largest absolute Gasteiger partial charge is 0.295 e. The lowest BCUT2D eigenvalue weighted by molar-refractivity contribution is -0.116. The molecule has 0 N–H and O–H groups in total. The summed E-state index contributed by atoms with van der Waals surface area (Å²) in [6, 6.07) is 0. The van der Waals surface area contributed by atoms with E-state index in [0.29, 0.717) is 12.2 Å². The van der Waals surface area contributed by atoms with Crippen molar-refractivity contribution in [1.29, 1.82) is 0 Å². The lowest BCUT2D eigenvalue weighted by Crippen LogP contribution is -2.24. The van der Waals surface area contributed by atoms with Crippen molar-refractivity contribution >= 4 is 15.0 Å². The standard InChI is InChI=1S/C15H23OP/c1-11(8-10-17)5-6-13-12(2)14(16)7-9-15(13,3)4/h5-6,8H,7,9-10,17H2,1-4H3/b6-5+,11-8+. The van der Waals surface area contributed by atoms with Gasteiger partial charge in [0.1, 0.15) is 0 Å². The zero-order valence-corrected chi connectivity index (χ0v) is 12.5. The van der Waals surface area contributed by atoms with E-state index in [2.05, 4.69) is 48.2 Å². The second-order valence-corrected chi connectivity index (χ2v) is 5.83. The highest BCUT2D eigenvalue weighted by atomic mass is 31.0. The summed E-state index contributed by atoms with van der Waals surface area (Å²) < 4.78 is 0. The Morgan fingerprint density at radius 2 is 2.12 bits per heavy atom. The molecule has 1 aliphatic carbocycles. The Bertz CT molecular complexity index is 397. The third-order valence-electron chi connectivity index (χ3n) is 3.48. The van der Waals surface area contributed by atoms with E-state index >= 15 is 0 Å². The normalized spacial score (nSPS) is 21.5. The zero-order chi connectivity index (χ0) is 13.1. The lowest BCUT2D eigenvalue weighted by atomic mass is 9.72. The van der Waals surface area contributed by atoms with Gasteiger partial charge in [-0.25, -0.2) is 0 Å². The van der Waals surface area contributed by atoms with E-state index in [1.165, 1.54) is 11.1 Å².